The third kappa shape index (κ3) is 3.14. The Labute approximate surface area is 106 Å². The van der Waals surface area contributed by atoms with Gasteiger partial charge in [0.1, 0.15) is 5.75 Å². The van der Waals surface area contributed by atoms with E-state index in [0.717, 1.165) is 16.8 Å². The van der Waals surface area contributed by atoms with E-state index in [1.807, 2.05) is 36.4 Å². The fourth-order valence-corrected chi connectivity index (χ4v) is 1.91. The molecule has 0 bridgehead atoms. The Morgan fingerprint density at radius 3 is 2.65 bits per heavy atom. The largest absolute Gasteiger partial charge is 0.508 e. The number of phenols is 1. The second kappa shape index (κ2) is 5.60. The topological polar surface area (TPSA) is 32.3 Å². The van der Waals surface area contributed by atoms with Crippen molar-refractivity contribution in [2.45, 2.75) is 12.4 Å². The molecule has 2 aromatic carbocycles. The number of nitrogens with one attached hydrogen (secondary N) is 1. The summed E-state index contributed by atoms with van der Waals surface area (Å²) < 4.78 is 0. The molecule has 3 heteroatoms. The first kappa shape index (κ1) is 11.8. The van der Waals surface area contributed by atoms with E-state index in [-0.39, 0.29) is 5.75 Å². The summed E-state index contributed by atoms with van der Waals surface area (Å²) in [5, 5.41) is 12.7. The average Bonchev–Trinajstić information content (AvgIpc) is 2.37. The van der Waals surface area contributed by atoms with Crippen LogP contribution in [0.25, 0.3) is 0 Å². The fourth-order valence-electron chi connectivity index (χ4n) is 1.67. The van der Waals surface area contributed by atoms with E-state index in [2.05, 4.69) is 5.32 Å². The molecule has 0 aliphatic heterocycles. The lowest BCUT2D eigenvalue weighted by Gasteiger charge is -2.10. The van der Waals surface area contributed by atoms with Gasteiger partial charge in [0.05, 0.1) is 0 Å². The number of para-hydroxylation sites is 1. The number of rotatable bonds is 4. The van der Waals surface area contributed by atoms with Gasteiger partial charge in [0.2, 0.25) is 0 Å². The maximum atomic E-state index is 9.36. The molecule has 0 spiro atoms. The van der Waals surface area contributed by atoms with E-state index in [1.165, 1.54) is 0 Å². The van der Waals surface area contributed by atoms with Gasteiger partial charge in [-0.1, -0.05) is 30.3 Å². The van der Waals surface area contributed by atoms with Crippen LogP contribution in [0.1, 0.15) is 11.1 Å². The van der Waals surface area contributed by atoms with Crippen LogP contribution < -0.4 is 5.32 Å². The Balaban J connectivity index is 2.07. The predicted molar refractivity (Wildman–Crippen MR) is 71.4 cm³/mol. The molecule has 17 heavy (non-hydrogen) atoms. The van der Waals surface area contributed by atoms with Crippen molar-refractivity contribution in [1.82, 2.24) is 0 Å². The summed E-state index contributed by atoms with van der Waals surface area (Å²) in [6.45, 7) is 0.669. The zero-order chi connectivity index (χ0) is 12.1. The first-order valence-corrected chi connectivity index (χ1v) is 5.98. The van der Waals surface area contributed by atoms with Crippen LogP contribution in [0.5, 0.6) is 5.75 Å². The molecule has 0 aliphatic rings. The highest BCUT2D eigenvalue weighted by molar-refractivity contribution is 6.17. The van der Waals surface area contributed by atoms with Crippen molar-refractivity contribution < 1.29 is 5.11 Å². The van der Waals surface area contributed by atoms with Crippen LogP contribution in [0.2, 0.25) is 0 Å². The van der Waals surface area contributed by atoms with E-state index >= 15 is 0 Å². The van der Waals surface area contributed by atoms with Gasteiger partial charge < -0.3 is 10.4 Å². The summed E-state index contributed by atoms with van der Waals surface area (Å²) in [5.74, 6) is 0.776. The molecule has 0 saturated heterocycles. The number of alkyl halides is 1. The smallest absolute Gasteiger partial charge is 0.115 e. The molecule has 0 fully saturated rings. The van der Waals surface area contributed by atoms with Crippen LogP contribution in [0, 0.1) is 0 Å². The van der Waals surface area contributed by atoms with Gasteiger partial charge in [-0.15, -0.1) is 11.6 Å². The zero-order valence-corrected chi connectivity index (χ0v) is 10.1. The molecule has 0 aromatic heterocycles. The minimum atomic E-state index is 0.287. The molecule has 2 rings (SSSR count). The summed E-state index contributed by atoms with van der Waals surface area (Å²) in [6.07, 6.45) is 0. The molecule has 2 nitrogen and oxygen atoms in total. The molecule has 0 amide bonds. The number of benzene rings is 2. The second-order valence-electron chi connectivity index (χ2n) is 3.81. The van der Waals surface area contributed by atoms with E-state index in [4.69, 9.17) is 11.6 Å². The number of hydrogen-bond acceptors (Lipinski definition) is 2. The van der Waals surface area contributed by atoms with Gasteiger partial charge in [-0.25, -0.2) is 0 Å². The Hall–Kier alpha value is -1.67. The molecule has 0 saturated carbocycles. The van der Waals surface area contributed by atoms with Crippen molar-refractivity contribution >= 4 is 17.3 Å². The van der Waals surface area contributed by atoms with Crippen LogP contribution in [-0.2, 0) is 12.4 Å². The Morgan fingerprint density at radius 2 is 1.88 bits per heavy atom. The lowest BCUT2D eigenvalue weighted by Crippen LogP contribution is -2.01. The van der Waals surface area contributed by atoms with Gasteiger partial charge in [-0.05, 0) is 29.3 Å². The molecular formula is C14H14ClNO. The summed E-state index contributed by atoms with van der Waals surface area (Å²) in [6, 6.07) is 15.2. The number of aromatic hydroxyl groups is 1. The lowest BCUT2D eigenvalue weighted by atomic mass is 10.1. The highest BCUT2D eigenvalue weighted by Crippen LogP contribution is 2.18. The summed E-state index contributed by atoms with van der Waals surface area (Å²) in [7, 11) is 0. The van der Waals surface area contributed by atoms with Crippen LogP contribution in [0.15, 0.2) is 48.5 Å². The minimum absolute atomic E-state index is 0.287. The van der Waals surface area contributed by atoms with Gasteiger partial charge in [0.25, 0.3) is 0 Å². The van der Waals surface area contributed by atoms with E-state index in [9.17, 15) is 5.11 Å². The third-order valence-electron chi connectivity index (χ3n) is 2.55. The van der Waals surface area contributed by atoms with Crippen molar-refractivity contribution in [3.63, 3.8) is 0 Å². The minimum Gasteiger partial charge on any atom is -0.508 e. The van der Waals surface area contributed by atoms with Crippen LogP contribution >= 0.6 is 11.6 Å². The molecular weight excluding hydrogens is 234 g/mol. The number of anilines is 1. The van der Waals surface area contributed by atoms with Crippen molar-refractivity contribution in [3.8, 4) is 5.75 Å². The maximum Gasteiger partial charge on any atom is 0.115 e. The standard InChI is InChI=1S/C14H14ClNO/c15-9-12-5-1-2-7-14(12)16-10-11-4-3-6-13(17)8-11/h1-8,16-17H,9-10H2. The molecule has 0 atom stereocenters. The van der Waals surface area contributed by atoms with Gasteiger partial charge in [-0.3, -0.25) is 0 Å². The molecule has 0 aliphatic carbocycles. The Bertz CT molecular complexity index is 499. The van der Waals surface area contributed by atoms with Gasteiger partial charge in [-0.2, -0.15) is 0 Å². The quantitative estimate of drug-likeness (QED) is 0.807. The number of hydrogen-bond donors (Lipinski definition) is 2. The third-order valence-corrected chi connectivity index (χ3v) is 2.84. The molecule has 2 aromatic rings. The molecule has 2 N–H and O–H groups in total. The van der Waals surface area contributed by atoms with E-state index in [0.29, 0.717) is 12.4 Å². The molecule has 0 unspecified atom stereocenters. The SMILES string of the molecule is Oc1cccc(CNc2ccccc2CCl)c1. The van der Waals surface area contributed by atoms with Crippen molar-refractivity contribution in [2.24, 2.45) is 0 Å². The van der Waals surface area contributed by atoms with Crippen LogP contribution in [0.3, 0.4) is 0 Å². The average molecular weight is 248 g/mol. The van der Waals surface area contributed by atoms with Gasteiger partial charge >= 0.3 is 0 Å². The lowest BCUT2D eigenvalue weighted by molar-refractivity contribution is 0.474. The number of halogens is 1. The van der Waals surface area contributed by atoms with Gasteiger partial charge in [0, 0.05) is 18.1 Å². The highest BCUT2D eigenvalue weighted by atomic mass is 35.5. The Morgan fingerprint density at radius 1 is 1.06 bits per heavy atom. The zero-order valence-electron chi connectivity index (χ0n) is 9.36. The van der Waals surface area contributed by atoms with E-state index in [1.54, 1.807) is 12.1 Å². The molecule has 0 radical (unpaired) electrons. The van der Waals surface area contributed by atoms with Gasteiger partial charge in [0.15, 0.2) is 0 Å². The number of phenolic OH excluding ortho intramolecular Hbond substituents is 1. The second-order valence-corrected chi connectivity index (χ2v) is 4.08. The van der Waals surface area contributed by atoms with Crippen molar-refractivity contribution in [2.75, 3.05) is 5.32 Å². The fraction of sp³-hybridized carbons (Fsp3) is 0.143. The summed E-state index contributed by atoms with van der Waals surface area (Å²) in [4.78, 5) is 0. The predicted octanol–water partition coefficient (Wildman–Crippen LogP) is 3.74. The van der Waals surface area contributed by atoms with Crippen molar-refractivity contribution in [1.29, 1.82) is 0 Å². The maximum absolute atomic E-state index is 9.36. The van der Waals surface area contributed by atoms with E-state index < -0.39 is 0 Å². The summed E-state index contributed by atoms with van der Waals surface area (Å²) in [5.41, 5.74) is 3.15. The first-order chi connectivity index (χ1) is 8.29. The molecule has 0 heterocycles. The monoisotopic (exact) mass is 247 g/mol. The van der Waals surface area contributed by atoms with Crippen LogP contribution in [0.4, 0.5) is 5.69 Å². The highest BCUT2D eigenvalue weighted by Gasteiger charge is 2.00. The van der Waals surface area contributed by atoms with Crippen molar-refractivity contribution in [3.05, 3.63) is 59.7 Å². The Kier molecular flexibility index (Phi) is 3.89. The normalized spacial score (nSPS) is 10.2. The first-order valence-electron chi connectivity index (χ1n) is 5.45. The summed E-state index contributed by atoms with van der Waals surface area (Å²) >= 11 is 5.86. The van der Waals surface area contributed by atoms with Crippen LogP contribution in [-0.4, -0.2) is 5.11 Å². The molecule has 88 valence electrons.